The van der Waals surface area contributed by atoms with Crippen LogP contribution in [0.1, 0.15) is 42.3 Å². The summed E-state index contributed by atoms with van der Waals surface area (Å²) in [5, 5.41) is 10.2. The molecule has 10 rings (SSSR count). The quantitative estimate of drug-likeness (QED) is 0.121. The summed E-state index contributed by atoms with van der Waals surface area (Å²) in [6.07, 6.45) is 12.7. The molecule has 1 aliphatic heterocycles. The Morgan fingerprint density at radius 3 is 1.78 bits per heavy atom. The molecule has 1 heterocycles. The average Bonchev–Trinajstić information content (AvgIpc) is 3.39. The SMILES string of the molecule is C/C=C\C1=C(c2ccc3cc(/C(NCc4cccc(-c5ccc(-c6ccccc6)cc5)c4)=C4\C=CC=CC4N)ccc3c2)NC(c2cccc(-c3ccc(-c4ccccc4)cc3)c2)N(C)C1C. The predicted molar refractivity (Wildman–Crippen MR) is 283 cm³/mol. The topological polar surface area (TPSA) is 53.3 Å². The van der Waals surface area contributed by atoms with Gasteiger partial charge in [-0.3, -0.25) is 4.90 Å². The van der Waals surface area contributed by atoms with E-state index in [0.717, 1.165) is 22.5 Å². The van der Waals surface area contributed by atoms with Crippen LogP contribution >= 0.6 is 0 Å². The summed E-state index contributed by atoms with van der Waals surface area (Å²) in [5.74, 6) is 0. The number of nitrogens with zero attached hydrogens (tertiary/aromatic N) is 1. The van der Waals surface area contributed by atoms with Gasteiger partial charge in [0.15, 0.2) is 0 Å². The van der Waals surface area contributed by atoms with E-state index in [2.05, 4.69) is 261 Å². The lowest BCUT2D eigenvalue weighted by Crippen LogP contribution is -2.46. The van der Waals surface area contributed by atoms with Crippen LogP contribution in [0.3, 0.4) is 0 Å². The second-order valence-electron chi connectivity index (χ2n) is 17.7. The van der Waals surface area contributed by atoms with E-state index in [-0.39, 0.29) is 18.2 Å². The maximum absolute atomic E-state index is 6.77. The molecule has 3 unspecified atom stereocenters. The van der Waals surface area contributed by atoms with E-state index < -0.39 is 0 Å². The summed E-state index contributed by atoms with van der Waals surface area (Å²) in [6, 6.07) is 70.2. The van der Waals surface area contributed by atoms with Gasteiger partial charge in [0.2, 0.25) is 0 Å². The Hall–Kier alpha value is -7.76. The first-order valence-corrected chi connectivity index (χ1v) is 23.4. The average molecular weight is 869 g/mol. The van der Waals surface area contributed by atoms with Gasteiger partial charge in [-0.15, -0.1) is 0 Å². The molecule has 1 aliphatic carbocycles. The van der Waals surface area contributed by atoms with Gasteiger partial charge in [0, 0.05) is 24.0 Å². The summed E-state index contributed by atoms with van der Waals surface area (Å²) >= 11 is 0. The van der Waals surface area contributed by atoms with Gasteiger partial charge in [0.1, 0.15) is 6.17 Å². The molecule has 328 valence electrons. The molecule has 4 heteroatoms. The summed E-state index contributed by atoms with van der Waals surface area (Å²) in [7, 11) is 2.22. The van der Waals surface area contributed by atoms with E-state index >= 15 is 0 Å². The first kappa shape index (κ1) is 43.1. The number of hydrogen-bond donors (Lipinski definition) is 3. The van der Waals surface area contributed by atoms with Gasteiger partial charge in [-0.25, -0.2) is 0 Å². The van der Waals surface area contributed by atoms with Crippen LogP contribution in [0.2, 0.25) is 0 Å². The third-order valence-electron chi connectivity index (χ3n) is 13.4. The van der Waals surface area contributed by atoms with Crippen LogP contribution in [0.4, 0.5) is 0 Å². The van der Waals surface area contributed by atoms with Gasteiger partial charge >= 0.3 is 0 Å². The van der Waals surface area contributed by atoms with Gasteiger partial charge in [-0.1, -0.05) is 206 Å². The Labute approximate surface area is 395 Å². The molecular weight excluding hydrogens is 813 g/mol. The van der Waals surface area contributed by atoms with E-state index in [4.69, 9.17) is 5.73 Å². The third kappa shape index (κ3) is 9.23. The normalized spacial score (nSPS) is 18.1. The highest BCUT2D eigenvalue weighted by Crippen LogP contribution is 2.37. The molecular formula is C63H56N4. The monoisotopic (exact) mass is 868 g/mol. The minimum absolute atomic E-state index is 0.0245. The molecule has 67 heavy (non-hydrogen) atoms. The standard InChI is InChI=1S/C63H56N4/c1-4-15-58-43(2)67(3)63(57-23-14-22-52(41-57)50-32-28-48(29-33-50)46-19-9-6-10-20-46)66-62(58)56-37-35-53-39-55(36-34-54(53)40-56)61(59-24-11-12-25-60(59)64)65-42-44-16-13-21-51(38-44)49-30-26-47(27-31-49)45-17-7-5-8-18-45/h4-41,43,60,63,65-66H,42,64H2,1-3H3/b15-4-,61-59-. The minimum Gasteiger partial charge on any atom is -0.380 e. The Morgan fingerprint density at radius 2 is 1.13 bits per heavy atom. The van der Waals surface area contributed by atoms with Crippen molar-refractivity contribution < 1.29 is 0 Å². The molecule has 0 saturated heterocycles. The molecule has 4 nitrogen and oxygen atoms in total. The van der Waals surface area contributed by atoms with Crippen molar-refractivity contribution in [2.45, 2.75) is 38.6 Å². The predicted octanol–water partition coefficient (Wildman–Crippen LogP) is 14.4. The summed E-state index contributed by atoms with van der Waals surface area (Å²) in [5.41, 5.74) is 25.7. The van der Waals surface area contributed by atoms with E-state index in [9.17, 15) is 0 Å². The Kier molecular flexibility index (Phi) is 12.5. The minimum atomic E-state index is -0.219. The number of benzene rings is 8. The molecule has 0 amide bonds. The molecule has 0 radical (unpaired) electrons. The van der Waals surface area contributed by atoms with Crippen LogP contribution in [0.15, 0.2) is 242 Å². The fourth-order valence-electron chi connectivity index (χ4n) is 9.59. The smallest absolute Gasteiger partial charge is 0.106 e. The lowest BCUT2D eigenvalue weighted by atomic mass is 9.92. The van der Waals surface area contributed by atoms with Gasteiger partial charge in [-0.05, 0) is 134 Å². The number of nitrogens with two attached hydrogens (primary N) is 1. The Balaban J connectivity index is 0.917. The summed E-state index contributed by atoms with van der Waals surface area (Å²) < 4.78 is 0. The van der Waals surface area contributed by atoms with Crippen LogP contribution in [0.25, 0.3) is 66.7 Å². The van der Waals surface area contributed by atoms with Crippen molar-refractivity contribution >= 4 is 22.2 Å². The van der Waals surface area contributed by atoms with E-state index in [1.807, 2.05) is 6.08 Å². The van der Waals surface area contributed by atoms with Crippen molar-refractivity contribution in [1.82, 2.24) is 15.5 Å². The van der Waals surface area contributed by atoms with E-state index in [1.54, 1.807) is 0 Å². The van der Waals surface area contributed by atoms with Crippen molar-refractivity contribution in [3.05, 3.63) is 264 Å². The number of allylic oxidation sites excluding steroid dienone is 3. The van der Waals surface area contributed by atoms with Crippen LogP contribution < -0.4 is 16.4 Å². The zero-order valence-electron chi connectivity index (χ0n) is 38.4. The molecule has 0 fully saturated rings. The Morgan fingerprint density at radius 1 is 0.582 bits per heavy atom. The Bertz CT molecular complexity index is 3190. The van der Waals surface area contributed by atoms with Gasteiger partial charge in [0.25, 0.3) is 0 Å². The zero-order valence-corrected chi connectivity index (χ0v) is 38.4. The van der Waals surface area contributed by atoms with Crippen LogP contribution in [0.5, 0.6) is 0 Å². The number of rotatable bonds is 11. The van der Waals surface area contributed by atoms with E-state index in [0.29, 0.717) is 6.54 Å². The second kappa shape index (κ2) is 19.4. The van der Waals surface area contributed by atoms with Gasteiger partial charge < -0.3 is 16.4 Å². The molecule has 8 aromatic carbocycles. The first-order chi connectivity index (χ1) is 32.9. The highest BCUT2D eigenvalue weighted by Gasteiger charge is 2.31. The van der Waals surface area contributed by atoms with Crippen LogP contribution in [-0.2, 0) is 6.54 Å². The molecule has 0 aromatic heterocycles. The summed E-state index contributed by atoms with van der Waals surface area (Å²) in [6.45, 7) is 5.06. The van der Waals surface area contributed by atoms with Crippen molar-refractivity contribution in [2.75, 3.05) is 7.05 Å². The molecule has 2 aliphatic rings. The maximum Gasteiger partial charge on any atom is 0.106 e. The number of hydrogen-bond acceptors (Lipinski definition) is 4. The molecule has 3 atom stereocenters. The number of fused-ring (bicyclic) bond motifs is 1. The van der Waals surface area contributed by atoms with Crippen molar-refractivity contribution in [2.24, 2.45) is 5.73 Å². The number of nitrogens with one attached hydrogen (secondary N) is 2. The zero-order chi connectivity index (χ0) is 45.7. The number of likely N-dealkylation sites (N-methyl/N-ethyl adjacent to an activating group) is 1. The first-order valence-electron chi connectivity index (χ1n) is 23.4. The second-order valence-corrected chi connectivity index (χ2v) is 17.7. The van der Waals surface area contributed by atoms with Crippen LogP contribution in [-0.4, -0.2) is 24.0 Å². The fourth-order valence-corrected chi connectivity index (χ4v) is 9.59. The highest BCUT2D eigenvalue weighted by molar-refractivity contribution is 5.90. The highest BCUT2D eigenvalue weighted by atomic mass is 15.3. The van der Waals surface area contributed by atoms with Crippen molar-refractivity contribution in [1.29, 1.82) is 0 Å². The van der Waals surface area contributed by atoms with Gasteiger partial charge in [0.05, 0.1) is 6.04 Å². The molecule has 4 N–H and O–H groups in total. The van der Waals surface area contributed by atoms with Crippen molar-refractivity contribution in [3.8, 4) is 44.5 Å². The third-order valence-corrected chi connectivity index (χ3v) is 13.4. The molecule has 0 spiro atoms. The van der Waals surface area contributed by atoms with Gasteiger partial charge in [-0.2, -0.15) is 0 Å². The fraction of sp³-hybridized carbons (Fsp3) is 0.111. The molecule has 0 saturated carbocycles. The van der Waals surface area contributed by atoms with E-state index in [1.165, 1.54) is 77.5 Å². The lowest BCUT2D eigenvalue weighted by Gasteiger charge is -2.42. The lowest BCUT2D eigenvalue weighted by molar-refractivity contribution is 0.180. The molecule has 0 bridgehead atoms. The van der Waals surface area contributed by atoms with Crippen molar-refractivity contribution in [3.63, 3.8) is 0 Å². The van der Waals surface area contributed by atoms with Crippen LogP contribution in [0, 0.1) is 0 Å². The maximum atomic E-state index is 6.77. The largest absolute Gasteiger partial charge is 0.380 e. The summed E-state index contributed by atoms with van der Waals surface area (Å²) in [4.78, 5) is 2.44. The molecule has 8 aromatic rings.